The van der Waals surface area contributed by atoms with Crippen LogP contribution in [0.3, 0.4) is 0 Å². The first-order valence-electron chi connectivity index (χ1n) is 10.9. The molecule has 0 spiro atoms. The van der Waals surface area contributed by atoms with Gasteiger partial charge in [0.25, 0.3) is 0 Å². The standard InChI is InChI=1S/C25H31NO8/c1-29-12-10-26(11-13-30-2)15-18-19(27)8-7-17-22(28)21(34-24(17)18)14-16-6-9-20(31-3)25(33-5)23(16)32-4/h6-9,14,27H,10-13,15H2,1-5H3/p+1/b21-14-. The molecule has 0 atom stereocenters. The van der Waals surface area contributed by atoms with Crippen LogP contribution in [0.25, 0.3) is 6.08 Å². The Kier molecular flexibility index (Phi) is 8.75. The monoisotopic (exact) mass is 474 g/mol. The number of hydrogen-bond acceptors (Lipinski definition) is 8. The lowest BCUT2D eigenvalue weighted by molar-refractivity contribution is -0.914. The van der Waals surface area contributed by atoms with E-state index in [0.29, 0.717) is 72.5 Å². The Hall–Kier alpha value is -3.27. The molecule has 0 saturated heterocycles. The molecule has 2 N–H and O–H groups in total. The number of phenolic OH excluding ortho intramolecular Hbond substituents is 1. The van der Waals surface area contributed by atoms with E-state index in [-0.39, 0.29) is 17.3 Å². The molecule has 0 fully saturated rings. The average Bonchev–Trinajstić information content (AvgIpc) is 3.16. The highest BCUT2D eigenvalue weighted by Gasteiger charge is 2.33. The second-order valence-corrected chi connectivity index (χ2v) is 7.72. The van der Waals surface area contributed by atoms with E-state index in [1.54, 1.807) is 38.5 Å². The predicted octanol–water partition coefficient (Wildman–Crippen LogP) is 1.71. The van der Waals surface area contributed by atoms with Crippen LogP contribution >= 0.6 is 0 Å². The number of phenols is 1. The topological polar surface area (TPSA) is 97.1 Å². The van der Waals surface area contributed by atoms with Gasteiger partial charge in [0.05, 0.1) is 45.7 Å². The molecule has 184 valence electrons. The van der Waals surface area contributed by atoms with Gasteiger partial charge >= 0.3 is 0 Å². The molecule has 2 aromatic carbocycles. The van der Waals surface area contributed by atoms with Gasteiger partial charge in [-0.1, -0.05) is 0 Å². The highest BCUT2D eigenvalue weighted by molar-refractivity contribution is 6.15. The molecule has 0 amide bonds. The third-order valence-electron chi connectivity index (χ3n) is 5.68. The summed E-state index contributed by atoms with van der Waals surface area (Å²) in [5.41, 5.74) is 1.56. The molecule has 1 heterocycles. The van der Waals surface area contributed by atoms with Crippen LogP contribution in [0.4, 0.5) is 0 Å². The number of methoxy groups -OCH3 is 5. The van der Waals surface area contributed by atoms with Gasteiger partial charge in [0.15, 0.2) is 23.0 Å². The summed E-state index contributed by atoms with van der Waals surface area (Å²) < 4.78 is 32.7. The third kappa shape index (κ3) is 5.27. The Morgan fingerprint density at radius 2 is 1.59 bits per heavy atom. The maximum atomic E-state index is 13.2. The number of benzene rings is 2. The van der Waals surface area contributed by atoms with Crippen molar-refractivity contribution in [2.24, 2.45) is 0 Å². The number of allylic oxidation sites excluding steroid dienone is 1. The summed E-state index contributed by atoms with van der Waals surface area (Å²) in [6.45, 7) is 2.98. The van der Waals surface area contributed by atoms with E-state index < -0.39 is 0 Å². The van der Waals surface area contributed by atoms with Crippen molar-refractivity contribution in [1.29, 1.82) is 0 Å². The highest BCUT2D eigenvalue weighted by Crippen LogP contribution is 2.43. The summed E-state index contributed by atoms with van der Waals surface area (Å²) >= 11 is 0. The maximum Gasteiger partial charge on any atom is 0.231 e. The van der Waals surface area contributed by atoms with Crippen LogP contribution in [0.2, 0.25) is 0 Å². The summed E-state index contributed by atoms with van der Waals surface area (Å²) in [4.78, 5) is 14.3. The minimum atomic E-state index is -0.275. The molecule has 0 aliphatic carbocycles. The number of ketones is 1. The average molecular weight is 475 g/mol. The number of nitrogens with one attached hydrogen (secondary N) is 1. The first kappa shape index (κ1) is 25.4. The van der Waals surface area contributed by atoms with E-state index >= 15 is 0 Å². The molecule has 1 aliphatic heterocycles. The Morgan fingerprint density at radius 3 is 2.18 bits per heavy atom. The van der Waals surface area contributed by atoms with Crippen molar-refractivity contribution in [2.45, 2.75) is 6.54 Å². The van der Waals surface area contributed by atoms with Crippen LogP contribution in [0, 0.1) is 0 Å². The minimum absolute atomic E-state index is 0.0730. The summed E-state index contributed by atoms with van der Waals surface area (Å²) in [5, 5.41) is 10.6. The summed E-state index contributed by atoms with van der Waals surface area (Å²) in [7, 11) is 7.85. The van der Waals surface area contributed by atoms with Crippen LogP contribution in [-0.4, -0.2) is 72.7 Å². The van der Waals surface area contributed by atoms with E-state index in [1.165, 1.54) is 27.4 Å². The van der Waals surface area contributed by atoms with Gasteiger partial charge in [-0.2, -0.15) is 0 Å². The van der Waals surface area contributed by atoms with Gasteiger partial charge in [-0.15, -0.1) is 0 Å². The summed E-state index contributed by atoms with van der Waals surface area (Å²) in [6.07, 6.45) is 1.60. The predicted molar refractivity (Wildman–Crippen MR) is 125 cm³/mol. The first-order chi connectivity index (χ1) is 16.5. The molecular weight excluding hydrogens is 442 g/mol. The number of Topliss-reactive ketones (excluding diaryl/α,β-unsaturated/α-hetero) is 1. The molecule has 9 nitrogen and oxygen atoms in total. The molecule has 1 aliphatic rings. The summed E-state index contributed by atoms with van der Waals surface area (Å²) in [6, 6.07) is 6.59. The normalized spacial score (nSPS) is 13.8. The van der Waals surface area contributed by atoms with E-state index in [4.69, 9.17) is 28.4 Å². The van der Waals surface area contributed by atoms with Crippen LogP contribution in [0.5, 0.6) is 28.7 Å². The lowest BCUT2D eigenvalue weighted by Gasteiger charge is -2.20. The van der Waals surface area contributed by atoms with Gasteiger partial charge in [-0.25, -0.2) is 0 Å². The number of ether oxygens (including phenoxy) is 6. The molecule has 9 heteroatoms. The quantitative estimate of drug-likeness (QED) is 0.449. The van der Waals surface area contributed by atoms with Crippen molar-refractivity contribution in [1.82, 2.24) is 0 Å². The number of aromatic hydroxyl groups is 1. The molecule has 0 radical (unpaired) electrons. The number of fused-ring (bicyclic) bond motifs is 1. The number of carbonyl (C=O) groups excluding carboxylic acids is 1. The van der Waals surface area contributed by atoms with Gasteiger partial charge in [-0.05, 0) is 30.3 Å². The van der Waals surface area contributed by atoms with Crippen molar-refractivity contribution in [3.8, 4) is 28.7 Å². The number of quaternary nitrogens is 1. The second kappa shape index (κ2) is 11.7. The van der Waals surface area contributed by atoms with Gasteiger partial charge in [0.2, 0.25) is 11.5 Å². The smallest absolute Gasteiger partial charge is 0.231 e. The molecule has 0 saturated carbocycles. The van der Waals surface area contributed by atoms with E-state index in [9.17, 15) is 9.90 Å². The third-order valence-corrected chi connectivity index (χ3v) is 5.68. The van der Waals surface area contributed by atoms with Gasteiger partial charge < -0.3 is 38.4 Å². The molecule has 34 heavy (non-hydrogen) atoms. The zero-order chi connectivity index (χ0) is 24.7. The fourth-order valence-corrected chi connectivity index (χ4v) is 3.89. The molecule has 0 unspecified atom stereocenters. The van der Waals surface area contributed by atoms with Crippen molar-refractivity contribution in [3.63, 3.8) is 0 Å². The van der Waals surface area contributed by atoms with Gasteiger partial charge in [0.1, 0.15) is 25.4 Å². The van der Waals surface area contributed by atoms with Crippen LogP contribution in [0.1, 0.15) is 21.5 Å². The van der Waals surface area contributed by atoms with Crippen molar-refractivity contribution >= 4 is 11.9 Å². The number of carbonyl (C=O) groups is 1. The Bertz CT molecular complexity index is 1040. The molecule has 0 bridgehead atoms. The van der Waals surface area contributed by atoms with Crippen molar-refractivity contribution < 1.29 is 43.2 Å². The summed E-state index contributed by atoms with van der Waals surface area (Å²) in [5.74, 6) is 1.62. The highest BCUT2D eigenvalue weighted by atomic mass is 16.5. The molecule has 3 rings (SSSR count). The second-order valence-electron chi connectivity index (χ2n) is 7.72. The number of hydrogen-bond donors (Lipinski definition) is 2. The van der Waals surface area contributed by atoms with Gasteiger partial charge in [-0.3, -0.25) is 4.79 Å². The molecular formula is C25H32NO8+. The van der Waals surface area contributed by atoms with Gasteiger partial charge in [0, 0.05) is 19.8 Å². The Balaban J connectivity index is 1.97. The lowest BCUT2D eigenvalue weighted by atomic mass is 10.0. The Morgan fingerprint density at radius 1 is 0.912 bits per heavy atom. The fourth-order valence-electron chi connectivity index (χ4n) is 3.89. The number of rotatable bonds is 12. The molecule has 2 aromatic rings. The van der Waals surface area contributed by atoms with Crippen molar-refractivity contribution in [2.75, 3.05) is 61.9 Å². The lowest BCUT2D eigenvalue weighted by Crippen LogP contribution is -3.11. The largest absolute Gasteiger partial charge is 0.507 e. The van der Waals surface area contributed by atoms with Crippen LogP contribution in [0.15, 0.2) is 30.0 Å². The van der Waals surface area contributed by atoms with E-state index in [2.05, 4.69) is 0 Å². The first-order valence-corrected chi connectivity index (χ1v) is 10.9. The maximum absolute atomic E-state index is 13.2. The van der Waals surface area contributed by atoms with E-state index in [1.807, 2.05) is 0 Å². The van der Waals surface area contributed by atoms with E-state index in [0.717, 1.165) is 4.90 Å². The Labute approximate surface area is 199 Å². The molecule has 0 aromatic heterocycles. The van der Waals surface area contributed by atoms with Crippen LogP contribution in [-0.2, 0) is 16.0 Å². The zero-order valence-electron chi connectivity index (χ0n) is 20.2. The van der Waals surface area contributed by atoms with Crippen LogP contribution < -0.4 is 23.8 Å². The minimum Gasteiger partial charge on any atom is -0.507 e. The zero-order valence-corrected chi connectivity index (χ0v) is 20.2. The SMILES string of the molecule is COCC[NH+](CCOC)Cc1c(O)ccc2c1O/C(=C\c1ccc(OC)c(OC)c1OC)C2=O. The fraction of sp³-hybridized carbons (Fsp3) is 0.400. The van der Waals surface area contributed by atoms with Crippen molar-refractivity contribution in [3.05, 3.63) is 46.7 Å².